The predicted molar refractivity (Wildman–Crippen MR) is 77.5 cm³/mol. The number of hydrogen-bond acceptors (Lipinski definition) is 2. The van der Waals surface area contributed by atoms with E-state index in [1.165, 1.54) is 57.1 Å². The van der Waals surface area contributed by atoms with Crippen molar-refractivity contribution in [3.05, 3.63) is 0 Å². The second kappa shape index (κ2) is 13.7. The van der Waals surface area contributed by atoms with Crippen molar-refractivity contribution in [2.75, 3.05) is 18.6 Å². The minimum absolute atomic E-state index is 0.407. The molecule has 0 atom stereocenters. The number of thioether (sulfide) groups is 1. The summed E-state index contributed by atoms with van der Waals surface area (Å²) in [4.78, 5) is 10.4. The highest BCUT2D eigenvalue weighted by atomic mass is 32.2. The summed E-state index contributed by atoms with van der Waals surface area (Å²) in [7, 11) is 0. The van der Waals surface area contributed by atoms with E-state index >= 15 is 0 Å². The van der Waals surface area contributed by atoms with Gasteiger partial charge < -0.3 is 11.1 Å². The SMILES string of the molecule is CSCCCCCCCCCCCNC(N)=O. The Balaban J connectivity index is 2.91. The van der Waals surface area contributed by atoms with Crippen molar-refractivity contribution in [2.24, 2.45) is 5.73 Å². The first-order chi connectivity index (χ1) is 8.27. The third-order valence-corrected chi connectivity index (χ3v) is 3.52. The Morgan fingerprint density at radius 1 is 0.941 bits per heavy atom. The Morgan fingerprint density at radius 3 is 1.88 bits per heavy atom. The summed E-state index contributed by atoms with van der Waals surface area (Å²) in [5, 5.41) is 2.61. The van der Waals surface area contributed by atoms with Crippen LogP contribution >= 0.6 is 11.8 Å². The van der Waals surface area contributed by atoms with Gasteiger partial charge in [0.1, 0.15) is 0 Å². The monoisotopic (exact) mass is 260 g/mol. The van der Waals surface area contributed by atoms with E-state index in [2.05, 4.69) is 11.6 Å². The minimum Gasteiger partial charge on any atom is -0.352 e. The second-order valence-electron chi connectivity index (χ2n) is 4.47. The molecule has 0 bridgehead atoms. The number of carbonyl (C=O) groups is 1. The maximum Gasteiger partial charge on any atom is 0.312 e. The lowest BCUT2D eigenvalue weighted by molar-refractivity contribution is 0.248. The lowest BCUT2D eigenvalue weighted by atomic mass is 10.1. The van der Waals surface area contributed by atoms with Crippen molar-refractivity contribution >= 4 is 17.8 Å². The summed E-state index contributed by atoms with van der Waals surface area (Å²) >= 11 is 1.94. The van der Waals surface area contributed by atoms with Gasteiger partial charge in [-0.15, -0.1) is 0 Å². The topological polar surface area (TPSA) is 55.1 Å². The van der Waals surface area contributed by atoms with Crippen LogP contribution in [0.25, 0.3) is 0 Å². The molecule has 0 aromatic rings. The fourth-order valence-corrected chi connectivity index (χ4v) is 2.31. The van der Waals surface area contributed by atoms with Crippen molar-refractivity contribution in [2.45, 2.75) is 57.8 Å². The Morgan fingerprint density at radius 2 is 1.41 bits per heavy atom. The largest absolute Gasteiger partial charge is 0.352 e. The number of carbonyl (C=O) groups excluding carboxylic acids is 1. The fraction of sp³-hybridized carbons (Fsp3) is 0.923. The molecule has 0 radical (unpaired) electrons. The zero-order valence-electron chi connectivity index (χ0n) is 11.2. The molecule has 0 aliphatic carbocycles. The molecule has 17 heavy (non-hydrogen) atoms. The summed E-state index contributed by atoms with van der Waals surface area (Å²) in [6.45, 7) is 0.726. The molecule has 3 N–H and O–H groups in total. The predicted octanol–water partition coefficient (Wildman–Crippen LogP) is 3.53. The summed E-state index contributed by atoms with van der Waals surface area (Å²) in [5.74, 6) is 1.31. The van der Waals surface area contributed by atoms with E-state index < -0.39 is 6.03 Å². The van der Waals surface area contributed by atoms with Gasteiger partial charge in [-0.25, -0.2) is 4.79 Å². The first-order valence-electron chi connectivity index (χ1n) is 6.79. The summed E-state index contributed by atoms with van der Waals surface area (Å²) in [6.07, 6.45) is 13.9. The molecule has 0 spiro atoms. The minimum atomic E-state index is -0.407. The van der Waals surface area contributed by atoms with E-state index in [1.807, 2.05) is 11.8 Å². The number of amides is 2. The third-order valence-electron chi connectivity index (χ3n) is 2.82. The highest BCUT2D eigenvalue weighted by molar-refractivity contribution is 7.98. The standard InChI is InChI=1S/C13H28N2OS/c1-17-12-10-8-6-4-2-3-5-7-9-11-15-13(14)16/h2-12H2,1H3,(H3,14,15,16). The van der Waals surface area contributed by atoms with Crippen LogP contribution in [0, 0.1) is 0 Å². The molecule has 0 saturated heterocycles. The number of nitrogens with one attached hydrogen (secondary N) is 1. The highest BCUT2D eigenvalue weighted by Gasteiger charge is 1.94. The van der Waals surface area contributed by atoms with Gasteiger partial charge in [-0.05, 0) is 24.9 Å². The van der Waals surface area contributed by atoms with Gasteiger partial charge in [0, 0.05) is 6.54 Å². The molecule has 4 heteroatoms. The fourth-order valence-electron chi connectivity index (χ4n) is 1.82. The van der Waals surface area contributed by atoms with E-state index in [0.717, 1.165) is 13.0 Å². The van der Waals surface area contributed by atoms with Crippen LogP contribution < -0.4 is 11.1 Å². The molecule has 0 aliphatic heterocycles. The van der Waals surface area contributed by atoms with Crippen molar-refractivity contribution in [1.82, 2.24) is 5.32 Å². The van der Waals surface area contributed by atoms with E-state index in [4.69, 9.17) is 5.73 Å². The van der Waals surface area contributed by atoms with Gasteiger partial charge in [-0.3, -0.25) is 0 Å². The lowest BCUT2D eigenvalue weighted by Crippen LogP contribution is -2.29. The molecule has 0 heterocycles. The molecule has 0 fully saturated rings. The van der Waals surface area contributed by atoms with Crippen LogP contribution in [0.15, 0.2) is 0 Å². The van der Waals surface area contributed by atoms with Gasteiger partial charge in [0.2, 0.25) is 0 Å². The Labute approximate surface area is 110 Å². The van der Waals surface area contributed by atoms with E-state index in [9.17, 15) is 4.79 Å². The van der Waals surface area contributed by atoms with Gasteiger partial charge in [-0.2, -0.15) is 11.8 Å². The van der Waals surface area contributed by atoms with Crippen LogP contribution in [-0.2, 0) is 0 Å². The number of nitrogens with two attached hydrogens (primary N) is 1. The smallest absolute Gasteiger partial charge is 0.312 e. The Kier molecular flexibility index (Phi) is 13.4. The number of urea groups is 1. The van der Waals surface area contributed by atoms with E-state index in [0.29, 0.717) is 0 Å². The number of primary amides is 1. The molecule has 3 nitrogen and oxygen atoms in total. The van der Waals surface area contributed by atoms with Crippen molar-refractivity contribution < 1.29 is 4.79 Å². The second-order valence-corrected chi connectivity index (χ2v) is 5.45. The molecular weight excluding hydrogens is 232 g/mol. The zero-order valence-corrected chi connectivity index (χ0v) is 12.0. The Bertz CT molecular complexity index is 177. The molecule has 0 aromatic heterocycles. The number of rotatable bonds is 12. The van der Waals surface area contributed by atoms with Crippen LogP contribution in [0.4, 0.5) is 4.79 Å². The van der Waals surface area contributed by atoms with Gasteiger partial charge in [0.25, 0.3) is 0 Å². The quantitative estimate of drug-likeness (QED) is 0.527. The van der Waals surface area contributed by atoms with Gasteiger partial charge in [0.05, 0.1) is 0 Å². The molecular formula is C13H28N2OS. The average Bonchev–Trinajstić information content (AvgIpc) is 2.30. The van der Waals surface area contributed by atoms with E-state index in [1.54, 1.807) is 0 Å². The van der Waals surface area contributed by atoms with Gasteiger partial charge >= 0.3 is 6.03 Å². The lowest BCUT2D eigenvalue weighted by Gasteiger charge is -2.03. The molecule has 0 unspecified atom stereocenters. The highest BCUT2D eigenvalue weighted by Crippen LogP contribution is 2.10. The van der Waals surface area contributed by atoms with Crippen LogP contribution in [0.2, 0.25) is 0 Å². The van der Waals surface area contributed by atoms with Gasteiger partial charge in [-0.1, -0.05) is 44.9 Å². The summed E-state index contributed by atoms with van der Waals surface area (Å²) < 4.78 is 0. The molecule has 0 aliphatic rings. The molecule has 0 aromatic carbocycles. The van der Waals surface area contributed by atoms with Crippen LogP contribution in [-0.4, -0.2) is 24.6 Å². The van der Waals surface area contributed by atoms with Crippen LogP contribution in [0.1, 0.15) is 57.8 Å². The molecule has 0 saturated carbocycles. The zero-order chi connectivity index (χ0) is 12.8. The number of unbranched alkanes of at least 4 members (excludes halogenated alkanes) is 8. The first kappa shape index (κ1) is 16.6. The first-order valence-corrected chi connectivity index (χ1v) is 8.19. The normalized spacial score (nSPS) is 10.4. The van der Waals surface area contributed by atoms with Crippen molar-refractivity contribution in [3.8, 4) is 0 Å². The Hall–Kier alpha value is -0.380. The van der Waals surface area contributed by atoms with Crippen LogP contribution in [0.3, 0.4) is 0 Å². The van der Waals surface area contributed by atoms with Crippen molar-refractivity contribution in [1.29, 1.82) is 0 Å². The van der Waals surface area contributed by atoms with Crippen molar-refractivity contribution in [3.63, 3.8) is 0 Å². The maximum absolute atomic E-state index is 10.4. The average molecular weight is 260 g/mol. The summed E-state index contributed by atoms with van der Waals surface area (Å²) in [6, 6.07) is -0.407. The third kappa shape index (κ3) is 15.6. The molecule has 0 rings (SSSR count). The maximum atomic E-state index is 10.4. The molecule has 2 amide bonds. The van der Waals surface area contributed by atoms with Gasteiger partial charge in [0.15, 0.2) is 0 Å². The number of hydrogen-bond donors (Lipinski definition) is 2. The summed E-state index contributed by atoms with van der Waals surface area (Å²) in [5.41, 5.74) is 4.97. The molecule has 102 valence electrons. The van der Waals surface area contributed by atoms with Crippen LogP contribution in [0.5, 0.6) is 0 Å². The van der Waals surface area contributed by atoms with E-state index in [-0.39, 0.29) is 0 Å².